The van der Waals surface area contributed by atoms with E-state index in [1.54, 1.807) is 19.1 Å². The molecule has 4 nitrogen and oxygen atoms in total. The van der Waals surface area contributed by atoms with E-state index in [1.807, 2.05) is 23.1 Å². The Morgan fingerprint density at radius 3 is 2.65 bits per heavy atom. The number of nitrogens with zero attached hydrogens (tertiary/aromatic N) is 3. The lowest BCUT2D eigenvalue weighted by Gasteiger charge is -2.25. The summed E-state index contributed by atoms with van der Waals surface area (Å²) in [5.41, 5.74) is 2.78. The van der Waals surface area contributed by atoms with E-state index in [0.717, 1.165) is 13.0 Å². The van der Waals surface area contributed by atoms with Crippen molar-refractivity contribution in [3.05, 3.63) is 65.0 Å². The fourth-order valence-corrected chi connectivity index (χ4v) is 3.17. The summed E-state index contributed by atoms with van der Waals surface area (Å²) in [6.45, 7) is 5.38. The Bertz CT molecular complexity index is 779. The number of hydrogen-bond donors (Lipinski definition) is 0. The molecule has 1 atom stereocenters. The van der Waals surface area contributed by atoms with Crippen molar-refractivity contribution in [1.29, 1.82) is 5.26 Å². The SMILES string of the molecule is Cc1nc(C(=O)N2CCC(C)(c3ccccc3)C2)ccc1C#N. The summed E-state index contributed by atoms with van der Waals surface area (Å²) in [6.07, 6.45) is 0.942. The van der Waals surface area contributed by atoms with Gasteiger partial charge >= 0.3 is 0 Å². The van der Waals surface area contributed by atoms with E-state index >= 15 is 0 Å². The molecule has 1 fully saturated rings. The standard InChI is InChI=1S/C19H19N3O/c1-14-15(12-20)8-9-17(21-14)18(23)22-11-10-19(2,13-22)16-6-4-3-5-7-16/h3-9H,10-11,13H2,1-2H3. The van der Waals surface area contributed by atoms with Gasteiger partial charge in [0.25, 0.3) is 5.91 Å². The van der Waals surface area contributed by atoms with Crippen molar-refractivity contribution in [2.24, 2.45) is 0 Å². The molecule has 0 radical (unpaired) electrons. The number of pyridine rings is 1. The molecule has 1 amide bonds. The molecule has 1 aromatic heterocycles. The highest BCUT2D eigenvalue weighted by Gasteiger charge is 2.37. The lowest BCUT2D eigenvalue weighted by molar-refractivity contribution is 0.0778. The minimum absolute atomic E-state index is 0.0153. The van der Waals surface area contributed by atoms with Gasteiger partial charge in [-0.25, -0.2) is 4.98 Å². The molecule has 0 bridgehead atoms. The minimum atomic E-state index is -0.0581. The topological polar surface area (TPSA) is 57.0 Å². The van der Waals surface area contributed by atoms with Gasteiger partial charge in [0.15, 0.2) is 0 Å². The molecule has 0 saturated carbocycles. The maximum Gasteiger partial charge on any atom is 0.272 e. The van der Waals surface area contributed by atoms with Crippen molar-refractivity contribution in [1.82, 2.24) is 9.88 Å². The molecular formula is C19H19N3O. The summed E-state index contributed by atoms with van der Waals surface area (Å²) >= 11 is 0. The Labute approximate surface area is 136 Å². The van der Waals surface area contributed by atoms with Crippen molar-refractivity contribution >= 4 is 5.91 Å². The minimum Gasteiger partial charge on any atom is -0.336 e. The molecule has 1 aliphatic heterocycles. The molecule has 4 heteroatoms. The van der Waals surface area contributed by atoms with E-state index in [2.05, 4.69) is 30.1 Å². The third-order valence-corrected chi connectivity index (χ3v) is 4.66. The van der Waals surface area contributed by atoms with Gasteiger partial charge in [0, 0.05) is 18.5 Å². The first-order chi connectivity index (χ1) is 11.0. The van der Waals surface area contributed by atoms with Gasteiger partial charge in [-0.3, -0.25) is 4.79 Å². The number of benzene rings is 1. The summed E-state index contributed by atoms with van der Waals surface area (Å²) < 4.78 is 0. The van der Waals surface area contributed by atoms with Gasteiger partial charge in [-0.05, 0) is 31.0 Å². The van der Waals surface area contributed by atoms with Gasteiger partial charge in [-0.2, -0.15) is 5.26 Å². The van der Waals surface area contributed by atoms with Crippen LogP contribution in [0.2, 0.25) is 0 Å². The van der Waals surface area contributed by atoms with Crippen LogP contribution in [-0.2, 0) is 5.41 Å². The van der Waals surface area contributed by atoms with Gasteiger partial charge in [-0.15, -0.1) is 0 Å². The van der Waals surface area contributed by atoms with Crippen LogP contribution in [0.5, 0.6) is 0 Å². The number of aromatic nitrogens is 1. The maximum absolute atomic E-state index is 12.7. The smallest absolute Gasteiger partial charge is 0.272 e. The molecule has 3 rings (SSSR count). The van der Waals surface area contributed by atoms with Gasteiger partial charge in [0.05, 0.1) is 11.3 Å². The second-order valence-electron chi connectivity index (χ2n) is 6.34. The molecular weight excluding hydrogens is 286 g/mol. The fraction of sp³-hybridized carbons (Fsp3) is 0.316. The van der Waals surface area contributed by atoms with Crippen LogP contribution in [-0.4, -0.2) is 28.9 Å². The average molecular weight is 305 g/mol. The fourth-order valence-electron chi connectivity index (χ4n) is 3.17. The molecule has 0 aliphatic carbocycles. The van der Waals surface area contributed by atoms with E-state index in [4.69, 9.17) is 5.26 Å². The second-order valence-corrected chi connectivity index (χ2v) is 6.34. The number of carbonyl (C=O) groups excluding carboxylic acids is 1. The predicted molar refractivity (Wildman–Crippen MR) is 88.0 cm³/mol. The van der Waals surface area contributed by atoms with E-state index < -0.39 is 0 Å². The Morgan fingerprint density at radius 1 is 1.26 bits per heavy atom. The average Bonchev–Trinajstić information content (AvgIpc) is 2.98. The molecule has 1 unspecified atom stereocenters. The van der Waals surface area contributed by atoms with E-state index in [1.165, 1.54) is 5.56 Å². The zero-order valence-electron chi connectivity index (χ0n) is 13.4. The van der Waals surface area contributed by atoms with Crippen molar-refractivity contribution in [3.8, 4) is 6.07 Å². The van der Waals surface area contributed by atoms with Crippen LogP contribution in [0.3, 0.4) is 0 Å². The zero-order chi connectivity index (χ0) is 16.4. The van der Waals surface area contributed by atoms with Crippen LogP contribution in [0.4, 0.5) is 0 Å². The van der Waals surface area contributed by atoms with Gasteiger partial charge < -0.3 is 4.90 Å². The van der Waals surface area contributed by atoms with Crippen LogP contribution in [0.1, 0.15) is 40.7 Å². The van der Waals surface area contributed by atoms with Gasteiger partial charge in [-0.1, -0.05) is 37.3 Å². The second kappa shape index (κ2) is 5.85. The van der Waals surface area contributed by atoms with Crippen LogP contribution < -0.4 is 0 Å². The molecule has 2 aromatic rings. The zero-order valence-corrected chi connectivity index (χ0v) is 13.4. The van der Waals surface area contributed by atoms with E-state index in [9.17, 15) is 4.79 Å². The number of aryl methyl sites for hydroxylation is 1. The van der Waals surface area contributed by atoms with Crippen LogP contribution in [0, 0.1) is 18.3 Å². The number of rotatable bonds is 2. The van der Waals surface area contributed by atoms with E-state index in [0.29, 0.717) is 23.5 Å². The van der Waals surface area contributed by atoms with Crippen LogP contribution in [0.25, 0.3) is 0 Å². The normalized spacial score (nSPS) is 20.3. The first-order valence-corrected chi connectivity index (χ1v) is 7.76. The molecule has 0 spiro atoms. The molecule has 23 heavy (non-hydrogen) atoms. The molecule has 2 heterocycles. The summed E-state index contributed by atoms with van der Waals surface area (Å²) in [5.74, 6) is -0.0581. The monoisotopic (exact) mass is 305 g/mol. The first kappa shape index (κ1) is 15.2. The Balaban J connectivity index is 1.80. The molecule has 1 aromatic carbocycles. The predicted octanol–water partition coefficient (Wildman–Crippen LogP) is 3.07. The van der Waals surface area contributed by atoms with Crippen LogP contribution >= 0.6 is 0 Å². The number of hydrogen-bond acceptors (Lipinski definition) is 3. The number of amides is 1. The highest BCUT2D eigenvalue weighted by atomic mass is 16.2. The lowest BCUT2D eigenvalue weighted by Crippen LogP contribution is -2.33. The third-order valence-electron chi connectivity index (χ3n) is 4.66. The number of likely N-dealkylation sites (tertiary alicyclic amines) is 1. The number of nitriles is 1. The third kappa shape index (κ3) is 2.83. The quantitative estimate of drug-likeness (QED) is 0.857. The lowest BCUT2D eigenvalue weighted by atomic mass is 9.82. The summed E-state index contributed by atoms with van der Waals surface area (Å²) in [6, 6.07) is 15.7. The van der Waals surface area contributed by atoms with Crippen LogP contribution in [0.15, 0.2) is 42.5 Å². The van der Waals surface area contributed by atoms with Crippen molar-refractivity contribution in [2.45, 2.75) is 25.7 Å². The Morgan fingerprint density at radius 2 is 2.00 bits per heavy atom. The van der Waals surface area contributed by atoms with Crippen molar-refractivity contribution in [3.63, 3.8) is 0 Å². The summed E-state index contributed by atoms with van der Waals surface area (Å²) in [4.78, 5) is 18.9. The van der Waals surface area contributed by atoms with E-state index in [-0.39, 0.29) is 11.3 Å². The van der Waals surface area contributed by atoms with Gasteiger partial charge in [0.1, 0.15) is 11.8 Å². The molecule has 1 aliphatic rings. The largest absolute Gasteiger partial charge is 0.336 e. The highest BCUT2D eigenvalue weighted by molar-refractivity contribution is 5.92. The number of carbonyl (C=O) groups is 1. The van der Waals surface area contributed by atoms with Crippen molar-refractivity contribution < 1.29 is 4.79 Å². The molecule has 1 saturated heterocycles. The maximum atomic E-state index is 12.7. The first-order valence-electron chi connectivity index (χ1n) is 7.76. The Kier molecular flexibility index (Phi) is 3.87. The highest BCUT2D eigenvalue weighted by Crippen LogP contribution is 2.34. The summed E-state index contributed by atoms with van der Waals surface area (Å²) in [7, 11) is 0. The molecule has 0 N–H and O–H groups in total. The molecule has 116 valence electrons. The van der Waals surface area contributed by atoms with Crippen molar-refractivity contribution in [2.75, 3.05) is 13.1 Å². The van der Waals surface area contributed by atoms with Gasteiger partial charge in [0.2, 0.25) is 0 Å². The Hall–Kier alpha value is -2.67. The summed E-state index contributed by atoms with van der Waals surface area (Å²) in [5, 5.41) is 8.97.